The molecule has 5 aromatic rings. The molecule has 0 radical (unpaired) electrons. The number of aromatic amines is 1. The molecule has 1 saturated heterocycles. The largest absolute Gasteiger partial charge is 0.439 e. The quantitative estimate of drug-likeness (QED) is 0.271. The molecule has 0 aliphatic carbocycles. The third-order valence-corrected chi connectivity index (χ3v) is 7.43. The van der Waals surface area contributed by atoms with Gasteiger partial charge in [-0.15, -0.1) is 0 Å². The highest BCUT2D eigenvalue weighted by molar-refractivity contribution is 5.94. The van der Waals surface area contributed by atoms with Crippen LogP contribution >= 0.6 is 0 Å². The molecule has 0 atom stereocenters. The van der Waals surface area contributed by atoms with Gasteiger partial charge in [0.25, 0.3) is 11.5 Å². The maximum absolute atomic E-state index is 14.0. The molecule has 0 spiro atoms. The maximum atomic E-state index is 14.0. The van der Waals surface area contributed by atoms with E-state index in [0.29, 0.717) is 41.7 Å². The number of aliphatic hydroxyl groups excluding tert-OH is 1. The van der Waals surface area contributed by atoms with Crippen molar-refractivity contribution in [2.75, 3.05) is 13.1 Å². The number of fused-ring (bicyclic) bond motifs is 1. The number of carbonyl (C=O) groups is 1. The van der Waals surface area contributed by atoms with Crippen LogP contribution < -0.4 is 10.3 Å². The Kier molecular flexibility index (Phi) is 7.23. The standard InChI is InChI=1S/C30H27FN6O5/c31-23-9-6-21(15-20(23)17-38)37-27-26(28(39)34-18-33-27)24(35-37)16-30(41)10-13-36(14-11-30)29(40)19-4-7-22(8-5-19)42-25-3-1-2-12-32-25/h1-9,12,15,18,38,41H,10-11,13-14,16-17H2,(H,33,34,39). The number of H-pyrrole nitrogens is 1. The monoisotopic (exact) mass is 570 g/mol. The number of aliphatic hydroxyl groups is 2. The van der Waals surface area contributed by atoms with E-state index in [9.17, 15) is 24.2 Å². The van der Waals surface area contributed by atoms with Crippen LogP contribution in [-0.4, -0.2) is 64.4 Å². The molecule has 1 amide bonds. The predicted octanol–water partition coefficient (Wildman–Crippen LogP) is 3.14. The van der Waals surface area contributed by atoms with Crippen LogP contribution in [0.25, 0.3) is 16.7 Å². The number of ether oxygens (including phenoxy) is 1. The third kappa shape index (κ3) is 5.37. The molecule has 11 nitrogen and oxygen atoms in total. The fourth-order valence-corrected chi connectivity index (χ4v) is 5.14. The average Bonchev–Trinajstić information content (AvgIpc) is 3.37. The first-order valence-electron chi connectivity index (χ1n) is 13.4. The summed E-state index contributed by atoms with van der Waals surface area (Å²) in [5.74, 6) is 0.290. The first kappa shape index (κ1) is 27.2. The molecule has 4 heterocycles. The SMILES string of the molecule is O=C(c1ccc(Oc2ccccn2)cc1)N1CCC(O)(Cc2nn(-c3ccc(F)c(CO)c3)c3nc[nH]c(=O)c23)CC1. The van der Waals surface area contributed by atoms with E-state index in [0.717, 1.165) is 0 Å². The Morgan fingerprint density at radius 1 is 1.07 bits per heavy atom. The van der Waals surface area contributed by atoms with Crippen molar-refractivity contribution < 1.29 is 24.1 Å². The zero-order chi connectivity index (χ0) is 29.3. The van der Waals surface area contributed by atoms with Gasteiger partial charge >= 0.3 is 0 Å². The number of nitrogens with one attached hydrogen (secondary N) is 1. The third-order valence-electron chi connectivity index (χ3n) is 7.43. The number of pyridine rings is 1. The van der Waals surface area contributed by atoms with Crippen LogP contribution in [0.4, 0.5) is 4.39 Å². The summed E-state index contributed by atoms with van der Waals surface area (Å²) in [6.45, 7) is 0.122. The number of likely N-dealkylation sites (tertiary alicyclic amines) is 1. The van der Waals surface area contributed by atoms with Crippen LogP contribution in [0, 0.1) is 5.82 Å². The van der Waals surface area contributed by atoms with Crippen LogP contribution in [0.2, 0.25) is 0 Å². The molecule has 1 aliphatic heterocycles. The van der Waals surface area contributed by atoms with Crippen molar-refractivity contribution in [3.63, 3.8) is 0 Å². The summed E-state index contributed by atoms with van der Waals surface area (Å²) in [5.41, 5.74) is -0.0665. The minimum absolute atomic E-state index is 0.0565. The lowest BCUT2D eigenvalue weighted by Gasteiger charge is -2.38. The van der Waals surface area contributed by atoms with Crippen molar-refractivity contribution >= 4 is 16.9 Å². The molecular weight excluding hydrogens is 543 g/mol. The van der Waals surface area contributed by atoms with Crippen molar-refractivity contribution in [1.82, 2.24) is 29.6 Å². The number of benzene rings is 2. The zero-order valence-electron chi connectivity index (χ0n) is 22.4. The predicted molar refractivity (Wildman–Crippen MR) is 150 cm³/mol. The normalized spacial score (nSPS) is 14.7. The molecule has 2 aromatic carbocycles. The van der Waals surface area contributed by atoms with Gasteiger partial charge in [0.15, 0.2) is 5.65 Å². The van der Waals surface area contributed by atoms with Gasteiger partial charge in [0.1, 0.15) is 17.0 Å². The van der Waals surface area contributed by atoms with Gasteiger partial charge in [-0.25, -0.2) is 19.0 Å². The summed E-state index contributed by atoms with van der Waals surface area (Å²) in [6.07, 6.45) is 3.49. The molecule has 3 aromatic heterocycles. The molecule has 12 heteroatoms. The number of halogens is 1. The zero-order valence-corrected chi connectivity index (χ0v) is 22.4. The van der Waals surface area contributed by atoms with Crippen LogP contribution in [0.1, 0.15) is 34.5 Å². The van der Waals surface area contributed by atoms with Gasteiger partial charge in [0.05, 0.1) is 29.9 Å². The van der Waals surface area contributed by atoms with Gasteiger partial charge in [-0.3, -0.25) is 9.59 Å². The second-order valence-electron chi connectivity index (χ2n) is 10.2. The summed E-state index contributed by atoms with van der Waals surface area (Å²) in [5, 5.41) is 25.8. The van der Waals surface area contributed by atoms with Gasteiger partial charge in [-0.1, -0.05) is 6.07 Å². The Balaban J connectivity index is 1.17. The van der Waals surface area contributed by atoms with Gasteiger partial charge < -0.3 is 24.8 Å². The lowest BCUT2D eigenvalue weighted by molar-refractivity contribution is -0.0167. The molecule has 214 valence electrons. The second-order valence-corrected chi connectivity index (χ2v) is 10.2. The van der Waals surface area contributed by atoms with E-state index in [2.05, 4.69) is 20.1 Å². The molecule has 1 aliphatic rings. The van der Waals surface area contributed by atoms with E-state index in [1.165, 1.54) is 29.2 Å². The Morgan fingerprint density at radius 3 is 2.57 bits per heavy atom. The molecule has 0 unspecified atom stereocenters. The van der Waals surface area contributed by atoms with Crippen molar-refractivity contribution in [2.45, 2.75) is 31.5 Å². The average molecular weight is 571 g/mol. The molecular formula is C30H27FN6O5. The van der Waals surface area contributed by atoms with E-state index in [4.69, 9.17) is 4.74 Å². The van der Waals surface area contributed by atoms with Gasteiger partial charge in [0, 0.05) is 42.9 Å². The molecule has 3 N–H and O–H groups in total. The molecule has 6 rings (SSSR count). The summed E-state index contributed by atoms with van der Waals surface area (Å²) in [6, 6.07) is 16.3. The summed E-state index contributed by atoms with van der Waals surface area (Å²) in [7, 11) is 0. The smallest absolute Gasteiger partial charge is 0.262 e. The maximum Gasteiger partial charge on any atom is 0.262 e. The van der Waals surface area contributed by atoms with E-state index in [1.807, 2.05) is 6.07 Å². The van der Waals surface area contributed by atoms with Crippen LogP contribution in [0.3, 0.4) is 0 Å². The number of carbonyl (C=O) groups excluding carboxylic acids is 1. The Hall–Kier alpha value is -4.94. The summed E-state index contributed by atoms with van der Waals surface area (Å²) in [4.78, 5) is 38.6. The number of aromatic nitrogens is 5. The number of amides is 1. The minimum atomic E-state index is -1.22. The Labute approximate surface area is 238 Å². The molecule has 0 bridgehead atoms. The van der Waals surface area contributed by atoms with Crippen molar-refractivity contribution in [2.24, 2.45) is 0 Å². The van der Waals surface area contributed by atoms with E-state index in [-0.39, 0.29) is 41.8 Å². The number of nitrogens with zero attached hydrogens (tertiary/aromatic N) is 5. The summed E-state index contributed by atoms with van der Waals surface area (Å²) >= 11 is 0. The lowest BCUT2D eigenvalue weighted by Crippen LogP contribution is -2.47. The number of rotatable bonds is 7. The number of hydrogen-bond donors (Lipinski definition) is 3. The molecule has 1 fully saturated rings. The lowest BCUT2D eigenvalue weighted by atomic mass is 9.86. The summed E-state index contributed by atoms with van der Waals surface area (Å²) < 4.78 is 21.1. The highest BCUT2D eigenvalue weighted by Gasteiger charge is 2.36. The van der Waals surface area contributed by atoms with Crippen LogP contribution in [-0.2, 0) is 13.0 Å². The van der Waals surface area contributed by atoms with E-state index >= 15 is 0 Å². The molecule has 0 saturated carbocycles. The fraction of sp³-hybridized carbons (Fsp3) is 0.233. The Bertz CT molecular complexity index is 1800. The minimum Gasteiger partial charge on any atom is -0.439 e. The Morgan fingerprint density at radius 2 is 1.86 bits per heavy atom. The number of hydrogen-bond acceptors (Lipinski definition) is 8. The van der Waals surface area contributed by atoms with Crippen molar-refractivity contribution in [1.29, 1.82) is 0 Å². The topological polar surface area (TPSA) is 146 Å². The first-order valence-corrected chi connectivity index (χ1v) is 13.4. The van der Waals surface area contributed by atoms with Crippen molar-refractivity contribution in [3.8, 4) is 17.3 Å². The van der Waals surface area contributed by atoms with Gasteiger partial charge in [-0.05, 0) is 61.4 Å². The van der Waals surface area contributed by atoms with Crippen LogP contribution in [0.5, 0.6) is 11.6 Å². The molecule has 42 heavy (non-hydrogen) atoms. The van der Waals surface area contributed by atoms with Crippen molar-refractivity contribution in [3.05, 3.63) is 106 Å². The first-order chi connectivity index (χ1) is 20.3. The van der Waals surface area contributed by atoms with Gasteiger partial charge in [0.2, 0.25) is 5.88 Å². The highest BCUT2D eigenvalue weighted by atomic mass is 19.1. The van der Waals surface area contributed by atoms with Crippen LogP contribution in [0.15, 0.2) is 78.0 Å². The van der Waals surface area contributed by atoms with Gasteiger partial charge in [-0.2, -0.15) is 5.10 Å². The highest BCUT2D eigenvalue weighted by Crippen LogP contribution is 2.30. The van der Waals surface area contributed by atoms with E-state index in [1.54, 1.807) is 47.5 Å². The second kappa shape index (κ2) is 11.1. The number of piperidine rings is 1. The fourth-order valence-electron chi connectivity index (χ4n) is 5.14. The van der Waals surface area contributed by atoms with E-state index < -0.39 is 23.6 Å².